The number of hydrogen-bond donors (Lipinski definition) is 1. The number of rotatable bonds is 6. The summed E-state index contributed by atoms with van der Waals surface area (Å²) in [6.07, 6.45) is 5.90. The van der Waals surface area contributed by atoms with E-state index in [2.05, 4.69) is 24.0 Å². The molecule has 1 aliphatic rings. The first kappa shape index (κ1) is 15.4. The van der Waals surface area contributed by atoms with Crippen LogP contribution in [0, 0.1) is 5.92 Å². The van der Waals surface area contributed by atoms with Crippen molar-refractivity contribution in [1.82, 2.24) is 10.1 Å². The normalized spacial score (nSPS) is 28.5. The lowest BCUT2D eigenvalue weighted by atomic mass is 9.78. The van der Waals surface area contributed by atoms with Gasteiger partial charge in [0.05, 0.1) is 0 Å². The molecule has 3 atom stereocenters. The molecule has 2 N–H and O–H groups in total. The standard InChI is InChI=1S/C15H27N3O2/c1-4-12(16)9-13-17-14(18-20-13)15(19-5-2)8-6-7-11(3)10-15/h11-12H,4-10,16H2,1-3H3. The summed E-state index contributed by atoms with van der Waals surface area (Å²) in [5.41, 5.74) is 5.59. The summed E-state index contributed by atoms with van der Waals surface area (Å²) in [4.78, 5) is 4.56. The minimum Gasteiger partial charge on any atom is -0.367 e. The topological polar surface area (TPSA) is 74.2 Å². The van der Waals surface area contributed by atoms with Crippen molar-refractivity contribution >= 4 is 0 Å². The molecule has 0 saturated heterocycles. The van der Waals surface area contributed by atoms with Crippen LogP contribution in [0.2, 0.25) is 0 Å². The maximum absolute atomic E-state index is 6.06. The molecule has 5 heteroatoms. The number of aromatic nitrogens is 2. The van der Waals surface area contributed by atoms with Crippen LogP contribution >= 0.6 is 0 Å². The molecule has 0 bridgehead atoms. The van der Waals surface area contributed by atoms with Crippen molar-refractivity contribution in [2.75, 3.05) is 6.61 Å². The molecule has 0 aliphatic heterocycles. The predicted molar refractivity (Wildman–Crippen MR) is 77.2 cm³/mol. The van der Waals surface area contributed by atoms with Gasteiger partial charge in [-0.15, -0.1) is 0 Å². The summed E-state index contributed by atoms with van der Waals surface area (Å²) in [5, 5.41) is 4.19. The Morgan fingerprint density at radius 3 is 2.95 bits per heavy atom. The second kappa shape index (κ2) is 6.68. The largest absolute Gasteiger partial charge is 0.367 e. The smallest absolute Gasteiger partial charge is 0.228 e. The van der Waals surface area contributed by atoms with E-state index in [4.69, 9.17) is 15.0 Å². The number of ether oxygens (including phenoxy) is 1. The Morgan fingerprint density at radius 1 is 1.50 bits per heavy atom. The Hall–Kier alpha value is -0.940. The summed E-state index contributed by atoms with van der Waals surface area (Å²) in [6.45, 7) is 7.02. The van der Waals surface area contributed by atoms with E-state index in [-0.39, 0.29) is 11.6 Å². The summed E-state index contributed by atoms with van der Waals surface area (Å²) < 4.78 is 11.4. The molecule has 3 unspecified atom stereocenters. The summed E-state index contributed by atoms with van der Waals surface area (Å²) >= 11 is 0. The summed E-state index contributed by atoms with van der Waals surface area (Å²) in [5.74, 6) is 1.98. The Morgan fingerprint density at radius 2 is 2.30 bits per heavy atom. The van der Waals surface area contributed by atoms with Gasteiger partial charge in [0, 0.05) is 19.1 Å². The quantitative estimate of drug-likeness (QED) is 0.868. The van der Waals surface area contributed by atoms with Gasteiger partial charge < -0.3 is 15.0 Å². The summed E-state index contributed by atoms with van der Waals surface area (Å²) in [7, 11) is 0. The number of hydrogen-bond acceptors (Lipinski definition) is 5. The molecule has 1 heterocycles. The lowest BCUT2D eigenvalue weighted by Crippen LogP contribution is -2.36. The lowest BCUT2D eigenvalue weighted by molar-refractivity contribution is -0.0891. The van der Waals surface area contributed by atoms with E-state index in [0.29, 0.717) is 30.7 Å². The van der Waals surface area contributed by atoms with Crippen molar-refractivity contribution in [2.45, 2.75) is 70.9 Å². The van der Waals surface area contributed by atoms with Crippen molar-refractivity contribution in [3.05, 3.63) is 11.7 Å². The maximum Gasteiger partial charge on any atom is 0.228 e. The molecule has 20 heavy (non-hydrogen) atoms. The van der Waals surface area contributed by atoms with Gasteiger partial charge in [-0.1, -0.05) is 25.4 Å². The first-order valence-electron chi connectivity index (χ1n) is 7.82. The van der Waals surface area contributed by atoms with Gasteiger partial charge in [-0.05, 0) is 38.5 Å². The van der Waals surface area contributed by atoms with E-state index in [1.54, 1.807) is 0 Å². The van der Waals surface area contributed by atoms with Gasteiger partial charge >= 0.3 is 0 Å². The van der Waals surface area contributed by atoms with Crippen molar-refractivity contribution < 1.29 is 9.26 Å². The fourth-order valence-electron chi connectivity index (χ4n) is 3.07. The predicted octanol–water partition coefficient (Wildman–Crippen LogP) is 2.79. The zero-order valence-electron chi connectivity index (χ0n) is 12.9. The monoisotopic (exact) mass is 281 g/mol. The van der Waals surface area contributed by atoms with Crippen molar-refractivity contribution in [3.8, 4) is 0 Å². The summed E-state index contributed by atoms with van der Waals surface area (Å²) in [6, 6.07) is 0.0802. The van der Waals surface area contributed by atoms with Gasteiger partial charge in [-0.2, -0.15) is 4.98 Å². The highest BCUT2D eigenvalue weighted by Gasteiger charge is 2.41. The number of nitrogens with zero attached hydrogens (tertiary/aromatic N) is 2. The van der Waals surface area contributed by atoms with Crippen molar-refractivity contribution in [1.29, 1.82) is 0 Å². The Balaban J connectivity index is 2.17. The zero-order valence-corrected chi connectivity index (χ0v) is 12.9. The number of nitrogens with two attached hydrogens (primary N) is 1. The first-order valence-corrected chi connectivity index (χ1v) is 7.82. The molecule has 2 rings (SSSR count). The van der Waals surface area contributed by atoms with Crippen LogP contribution in [-0.4, -0.2) is 22.8 Å². The van der Waals surface area contributed by atoms with Crippen LogP contribution in [0.4, 0.5) is 0 Å². The molecule has 1 aromatic rings. The minimum absolute atomic E-state index is 0.0802. The van der Waals surface area contributed by atoms with Crippen molar-refractivity contribution in [2.24, 2.45) is 11.7 Å². The third-order valence-electron chi connectivity index (χ3n) is 4.21. The first-order chi connectivity index (χ1) is 9.59. The second-order valence-corrected chi connectivity index (χ2v) is 6.01. The molecule has 1 fully saturated rings. The van der Waals surface area contributed by atoms with Gasteiger partial charge in [-0.3, -0.25) is 0 Å². The zero-order chi connectivity index (χ0) is 14.6. The van der Waals surface area contributed by atoms with Crippen LogP contribution in [0.15, 0.2) is 4.52 Å². The molecule has 0 amide bonds. The molecule has 1 aromatic heterocycles. The average molecular weight is 281 g/mol. The minimum atomic E-state index is -0.357. The van der Waals surface area contributed by atoms with Gasteiger partial charge in [0.2, 0.25) is 11.7 Å². The Labute approximate surface area is 121 Å². The third kappa shape index (κ3) is 3.38. The highest BCUT2D eigenvalue weighted by Crippen LogP contribution is 2.41. The Bertz CT molecular complexity index is 417. The van der Waals surface area contributed by atoms with Crippen LogP contribution in [0.25, 0.3) is 0 Å². The molecule has 0 spiro atoms. The molecule has 114 valence electrons. The highest BCUT2D eigenvalue weighted by atomic mass is 16.5. The van der Waals surface area contributed by atoms with Crippen LogP contribution in [0.3, 0.4) is 0 Å². The van der Waals surface area contributed by atoms with Gasteiger partial charge in [0.1, 0.15) is 5.60 Å². The van der Waals surface area contributed by atoms with E-state index in [1.165, 1.54) is 6.42 Å². The third-order valence-corrected chi connectivity index (χ3v) is 4.21. The molecular formula is C15H27N3O2. The highest BCUT2D eigenvalue weighted by molar-refractivity contribution is 5.04. The maximum atomic E-state index is 6.06. The second-order valence-electron chi connectivity index (χ2n) is 6.01. The van der Waals surface area contributed by atoms with Crippen LogP contribution in [0.1, 0.15) is 64.6 Å². The average Bonchev–Trinajstić information content (AvgIpc) is 2.88. The van der Waals surface area contributed by atoms with Crippen LogP contribution in [-0.2, 0) is 16.8 Å². The van der Waals surface area contributed by atoms with Crippen molar-refractivity contribution in [3.63, 3.8) is 0 Å². The Kier molecular flexibility index (Phi) is 5.16. The van der Waals surface area contributed by atoms with E-state index in [0.717, 1.165) is 25.7 Å². The van der Waals surface area contributed by atoms with Gasteiger partial charge in [0.15, 0.2) is 0 Å². The van der Waals surface area contributed by atoms with E-state index < -0.39 is 0 Å². The molecular weight excluding hydrogens is 254 g/mol. The lowest BCUT2D eigenvalue weighted by Gasteiger charge is -2.37. The van der Waals surface area contributed by atoms with E-state index >= 15 is 0 Å². The molecule has 1 aliphatic carbocycles. The van der Waals surface area contributed by atoms with E-state index in [1.807, 2.05) is 6.92 Å². The molecule has 0 aromatic carbocycles. The SMILES string of the molecule is CCOC1(c2noc(CC(N)CC)n2)CCCC(C)C1. The fraction of sp³-hybridized carbons (Fsp3) is 0.867. The van der Waals surface area contributed by atoms with E-state index in [9.17, 15) is 0 Å². The molecule has 0 radical (unpaired) electrons. The van der Waals surface area contributed by atoms with Crippen LogP contribution in [0.5, 0.6) is 0 Å². The van der Waals surface area contributed by atoms with Gasteiger partial charge in [-0.25, -0.2) is 0 Å². The molecule has 1 saturated carbocycles. The fourth-order valence-corrected chi connectivity index (χ4v) is 3.07. The van der Waals surface area contributed by atoms with Gasteiger partial charge in [0.25, 0.3) is 0 Å². The van der Waals surface area contributed by atoms with Crippen LogP contribution < -0.4 is 5.73 Å². The molecule has 5 nitrogen and oxygen atoms in total.